The first kappa shape index (κ1) is 16.1. The van der Waals surface area contributed by atoms with Crippen molar-refractivity contribution in [2.75, 3.05) is 25.1 Å². The molecule has 1 heterocycles. The van der Waals surface area contributed by atoms with Gasteiger partial charge in [-0.2, -0.15) is 0 Å². The summed E-state index contributed by atoms with van der Waals surface area (Å²) >= 11 is 6.06. The minimum absolute atomic E-state index is 0.125. The Morgan fingerprint density at radius 2 is 2.00 bits per heavy atom. The Labute approximate surface area is 129 Å². The summed E-state index contributed by atoms with van der Waals surface area (Å²) in [7, 11) is -3.22. The number of hydrogen-bond acceptors (Lipinski definition) is 4. The van der Waals surface area contributed by atoms with Gasteiger partial charge in [0.15, 0.2) is 0 Å². The molecule has 1 aromatic carbocycles. The average molecular weight is 332 g/mol. The first-order chi connectivity index (χ1) is 9.78. The van der Waals surface area contributed by atoms with Crippen LogP contribution in [0.3, 0.4) is 0 Å². The quantitative estimate of drug-likeness (QED) is 0.810. The maximum Gasteiger partial charge on any atom is 0.255 e. The Kier molecular flexibility index (Phi) is 4.75. The normalized spacial score (nSPS) is 17.0. The predicted octanol–water partition coefficient (Wildman–Crippen LogP) is 1.08. The van der Waals surface area contributed by atoms with Crippen LogP contribution in [0.2, 0.25) is 5.02 Å². The Bertz CT molecular complexity index is 640. The molecule has 2 rings (SSSR count). The molecule has 0 saturated carbocycles. The van der Waals surface area contributed by atoms with Gasteiger partial charge >= 0.3 is 0 Å². The van der Waals surface area contributed by atoms with Gasteiger partial charge in [0, 0.05) is 19.1 Å². The number of likely N-dealkylation sites (tertiary alicyclic amines) is 1. The van der Waals surface area contributed by atoms with Crippen molar-refractivity contribution in [3.8, 4) is 0 Å². The van der Waals surface area contributed by atoms with Gasteiger partial charge in [0.1, 0.15) is 0 Å². The zero-order chi connectivity index (χ0) is 15.6. The molecular weight excluding hydrogens is 314 g/mol. The van der Waals surface area contributed by atoms with Crippen LogP contribution in [0.1, 0.15) is 23.2 Å². The molecule has 1 saturated heterocycles. The first-order valence-electron chi connectivity index (χ1n) is 6.58. The highest BCUT2D eigenvalue weighted by Gasteiger charge is 2.26. The Balaban J connectivity index is 2.02. The molecule has 0 aromatic heterocycles. The van der Waals surface area contributed by atoms with E-state index >= 15 is 0 Å². The fourth-order valence-corrected chi connectivity index (χ4v) is 3.44. The van der Waals surface area contributed by atoms with Crippen LogP contribution in [0.15, 0.2) is 18.2 Å². The second-order valence-electron chi connectivity index (χ2n) is 5.17. The van der Waals surface area contributed by atoms with Crippen molar-refractivity contribution < 1.29 is 13.2 Å². The van der Waals surface area contributed by atoms with E-state index in [4.69, 9.17) is 17.3 Å². The van der Waals surface area contributed by atoms with Crippen LogP contribution >= 0.6 is 11.6 Å². The molecule has 0 spiro atoms. The van der Waals surface area contributed by atoms with Crippen molar-refractivity contribution in [1.82, 2.24) is 9.62 Å². The SMILES string of the molecule is CS(=O)(=O)NC1CCN(C(=O)c2cccc(N)c2Cl)CC1. The number of nitrogens with two attached hydrogens (primary N) is 1. The van der Waals surface area contributed by atoms with Crippen molar-refractivity contribution in [3.05, 3.63) is 28.8 Å². The highest BCUT2D eigenvalue weighted by atomic mass is 35.5. The molecule has 3 N–H and O–H groups in total. The number of nitrogens with one attached hydrogen (secondary N) is 1. The number of carbonyl (C=O) groups excluding carboxylic acids is 1. The molecule has 8 heteroatoms. The van der Waals surface area contributed by atoms with Crippen LogP contribution in [-0.4, -0.2) is 44.6 Å². The summed E-state index contributed by atoms with van der Waals surface area (Å²) in [5, 5.41) is 0.263. The molecule has 116 valence electrons. The van der Waals surface area contributed by atoms with Crippen molar-refractivity contribution >= 4 is 33.2 Å². The number of amides is 1. The Morgan fingerprint density at radius 1 is 1.38 bits per heavy atom. The summed E-state index contributed by atoms with van der Waals surface area (Å²) in [4.78, 5) is 14.1. The van der Waals surface area contributed by atoms with E-state index in [1.165, 1.54) is 0 Å². The Morgan fingerprint density at radius 3 is 2.57 bits per heavy atom. The van der Waals surface area contributed by atoms with Crippen LogP contribution in [0.5, 0.6) is 0 Å². The van der Waals surface area contributed by atoms with E-state index in [9.17, 15) is 13.2 Å². The van der Waals surface area contributed by atoms with Crippen molar-refractivity contribution in [2.24, 2.45) is 0 Å². The first-order valence-corrected chi connectivity index (χ1v) is 8.85. The van der Waals surface area contributed by atoms with Crippen LogP contribution in [-0.2, 0) is 10.0 Å². The average Bonchev–Trinajstić information content (AvgIpc) is 2.40. The highest BCUT2D eigenvalue weighted by Crippen LogP contribution is 2.25. The van der Waals surface area contributed by atoms with Gasteiger partial charge in [-0.3, -0.25) is 4.79 Å². The number of nitrogen functional groups attached to an aromatic ring is 1. The second-order valence-corrected chi connectivity index (χ2v) is 7.32. The third kappa shape index (κ3) is 4.09. The van der Waals surface area contributed by atoms with E-state index in [1.807, 2.05) is 0 Å². The molecule has 0 radical (unpaired) electrons. The smallest absolute Gasteiger partial charge is 0.255 e. The van der Waals surface area contributed by atoms with E-state index in [0.29, 0.717) is 37.2 Å². The summed E-state index contributed by atoms with van der Waals surface area (Å²) in [6, 6.07) is 4.84. The van der Waals surface area contributed by atoms with Gasteiger partial charge in [0.2, 0.25) is 10.0 Å². The Hall–Kier alpha value is -1.31. The number of piperidine rings is 1. The van der Waals surface area contributed by atoms with E-state index in [1.54, 1.807) is 23.1 Å². The molecule has 1 aromatic rings. The zero-order valence-corrected chi connectivity index (χ0v) is 13.2. The third-order valence-electron chi connectivity index (χ3n) is 3.42. The monoisotopic (exact) mass is 331 g/mol. The number of rotatable bonds is 3. The molecule has 1 aliphatic heterocycles. The predicted molar refractivity (Wildman–Crippen MR) is 82.8 cm³/mol. The minimum atomic E-state index is -3.22. The number of halogens is 1. The van der Waals surface area contributed by atoms with E-state index in [-0.39, 0.29) is 17.0 Å². The second kappa shape index (κ2) is 6.21. The molecule has 0 unspecified atom stereocenters. The van der Waals surface area contributed by atoms with E-state index in [0.717, 1.165) is 6.26 Å². The lowest BCUT2D eigenvalue weighted by molar-refractivity contribution is 0.0711. The van der Waals surface area contributed by atoms with Crippen LogP contribution in [0.25, 0.3) is 0 Å². The summed E-state index contributed by atoms with van der Waals surface area (Å²) in [6.45, 7) is 0.967. The van der Waals surface area contributed by atoms with Crippen molar-refractivity contribution in [2.45, 2.75) is 18.9 Å². The number of nitrogens with zero attached hydrogens (tertiary/aromatic N) is 1. The zero-order valence-electron chi connectivity index (χ0n) is 11.7. The molecule has 1 amide bonds. The standard InChI is InChI=1S/C13H18ClN3O3S/c1-21(19,20)16-9-5-7-17(8-6-9)13(18)10-3-2-4-11(15)12(10)14/h2-4,9,16H,5-8,15H2,1H3. The molecule has 0 atom stereocenters. The van der Waals surface area contributed by atoms with Gasteiger partial charge in [0.25, 0.3) is 5.91 Å². The molecular formula is C13H18ClN3O3S. The van der Waals surface area contributed by atoms with Crippen LogP contribution < -0.4 is 10.5 Å². The van der Waals surface area contributed by atoms with Gasteiger partial charge in [-0.15, -0.1) is 0 Å². The van der Waals surface area contributed by atoms with Gasteiger partial charge in [-0.25, -0.2) is 13.1 Å². The fourth-order valence-electron chi connectivity index (χ4n) is 2.39. The maximum atomic E-state index is 12.4. The third-order valence-corrected chi connectivity index (χ3v) is 4.61. The number of sulfonamides is 1. The summed E-state index contributed by atoms with van der Waals surface area (Å²) in [6.07, 6.45) is 2.30. The molecule has 1 fully saturated rings. The minimum Gasteiger partial charge on any atom is -0.398 e. The van der Waals surface area contributed by atoms with Crippen molar-refractivity contribution in [1.29, 1.82) is 0 Å². The van der Waals surface area contributed by atoms with Crippen molar-refractivity contribution in [3.63, 3.8) is 0 Å². The molecule has 1 aliphatic rings. The van der Waals surface area contributed by atoms with Gasteiger partial charge < -0.3 is 10.6 Å². The maximum absolute atomic E-state index is 12.4. The number of carbonyl (C=O) groups is 1. The van der Waals surface area contributed by atoms with Gasteiger partial charge in [0.05, 0.1) is 22.5 Å². The lowest BCUT2D eigenvalue weighted by atomic mass is 10.0. The van der Waals surface area contributed by atoms with Crippen LogP contribution in [0, 0.1) is 0 Å². The van der Waals surface area contributed by atoms with Crippen LogP contribution in [0.4, 0.5) is 5.69 Å². The fraction of sp³-hybridized carbons (Fsp3) is 0.462. The van der Waals surface area contributed by atoms with Gasteiger partial charge in [-0.05, 0) is 25.0 Å². The topological polar surface area (TPSA) is 92.5 Å². The molecule has 6 nitrogen and oxygen atoms in total. The highest BCUT2D eigenvalue weighted by molar-refractivity contribution is 7.88. The summed E-state index contributed by atoms with van der Waals surface area (Å²) in [5.74, 6) is -0.176. The molecule has 21 heavy (non-hydrogen) atoms. The lowest BCUT2D eigenvalue weighted by Gasteiger charge is -2.32. The molecule has 0 bridgehead atoms. The number of anilines is 1. The molecule has 0 aliphatic carbocycles. The summed E-state index contributed by atoms with van der Waals surface area (Å²) < 4.78 is 25.0. The largest absolute Gasteiger partial charge is 0.398 e. The van der Waals surface area contributed by atoms with E-state index in [2.05, 4.69) is 4.72 Å². The lowest BCUT2D eigenvalue weighted by Crippen LogP contribution is -2.46. The van der Waals surface area contributed by atoms with Gasteiger partial charge in [-0.1, -0.05) is 17.7 Å². The number of benzene rings is 1. The summed E-state index contributed by atoms with van der Waals surface area (Å²) in [5.41, 5.74) is 6.45. The number of hydrogen-bond donors (Lipinski definition) is 2. The van der Waals surface area contributed by atoms with E-state index < -0.39 is 10.0 Å².